The molecule has 0 radical (unpaired) electrons. The van der Waals surface area contributed by atoms with Gasteiger partial charge in [0, 0.05) is 44.9 Å². The quantitative estimate of drug-likeness (QED) is 0.605. The van der Waals surface area contributed by atoms with Crippen molar-refractivity contribution in [1.82, 2.24) is 9.13 Å². The number of nitrogens with zero attached hydrogens (tertiary/aromatic N) is 3. The van der Waals surface area contributed by atoms with Gasteiger partial charge in [0.1, 0.15) is 5.75 Å². The van der Waals surface area contributed by atoms with Crippen molar-refractivity contribution >= 4 is 11.0 Å². The standard InChI is InChI=1S/C15H21N3O4/c1-15(2,18(20)21)8-5-9-17-12-7-6-11(22-4)10-13(12)16(3)14(17)19/h6-7,10H,5,8-9H2,1-4H3. The van der Waals surface area contributed by atoms with E-state index >= 15 is 0 Å². The van der Waals surface area contributed by atoms with Crippen LogP contribution in [0.15, 0.2) is 23.0 Å². The number of aryl methyl sites for hydroxylation is 2. The maximum absolute atomic E-state index is 12.3. The predicted octanol–water partition coefficient (Wildman–Crippen LogP) is 2.18. The number of hydrogen-bond donors (Lipinski definition) is 0. The highest BCUT2D eigenvalue weighted by atomic mass is 16.6. The third-order valence-corrected chi connectivity index (χ3v) is 4.02. The number of imidazole rings is 1. The van der Waals surface area contributed by atoms with Crippen molar-refractivity contribution < 1.29 is 9.66 Å². The monoisotopic (exact) mass is 307 g/mol. The van der Waals surface area contributed by atoms with E-state index in [2.05, 4.69) is 0 Å². The van der Waals surface area contributed by atoms with Gasteiger partial charge in [0.2, 0.25) is 5.54 Å². The first kappa shape index (κ1) is 16.1. The van der Waals surface area contributed by atoms with Crippen LogP contribution in [0, 0.1) is 10.1 Å². The molecule has 0 aliphatic heterocycles. The van der Waals surface area contributed by atoms with Crippen LogP contribution in [-0.4, -0.2) is 26.7 Å². The first-order valence-corrected chi connectivity index (χ1v) is 7.15. The largest absolute Gasteiger partial charge is 0.497 e. The Morgan fingerprint density at radius 3 is 2.59 bits per heavy atom. The van der Waals surface area contributed by atoms with Crippen LogP contribution in [-0.2, 0) is 13.6 Å². The molecule has 0 saturated heterocycles. The second-order valence-corrected chi connectivity index (χ2v) is 6.02. The van der Waals surface area contributed by atoms with Crippen LogP contribution in [0.3, 0.4) is 0 Å². The summed E-state index contributed by atoms with van der Waals surface area (Å²) in [5.74, 6) is 0.690. The van der Waals surface area contributed by atoms with Gasteiger partial charge < -0.3 is 4.74 Å². The molecule has 0 bridgehead atoms. The van der Waals surface area contributed by atoms with Gasteiger partial charge in [-0.15, -0.1) is 0 Å². The topological polar surface area (TPSA) is 79.3 Å². The third kappa shape index (κ3) is 2.84. The third-order valence-electron chi connectivity index (χ3n) is 4.02. The molecule has 2 rings (SSSR count). The minimum absolute atomic E-state index is 0.123. The zero-order valence-electron chi connectivity index (χ0n) is 13.3. The molecule has 7 nitrogen and oxygen atoms in total. The van der Waals surface area contributed by atoms with Crippen molar-refractivity contribution in [3.8, 4) is 5.75 Å². The van der Waals surface area contributed by atoms with E-state index in [9.17, 15) is 14.9 Å². The number of fused-ring (bicyclic) bond motifs is 1. The molecule has 0 spiro atoms. The second-order valence-electron chi connectivity index (χ2n) is 6.02. The fraction of sp³-hybridized carbons (Fsp3) is 0.533. The number of benzene rings is 1. The van der Waals surface area contributed by atoms with Gasteiger partial charge in [-0.05, 0) is 18.6 Å². The molecule has 0 fully saturated rings. The molecule has 22 heavy (non-hydrogen) atoms. The van der Waals surface area contributed by atoms with Crippen molar-refractivity contribution in [2.45, 2.75) is 38.8 Å². The maximum Gasteiger partial charge on any atom is 0.328 e. The molecule has 7 heteroatoms. The van der Waals surface area contributed by atoms with Crippen LogP contribution >= 0.6 is 0 Å². The smallest absolute Gasteiger partial charge is 0.328 e. The Morgan fingerprint density at radius 1 is 1.32 bits per heavy atom. The number of aromatic nitrogens is 2. The fourth-order valence-corrected chi connectivity index (χ4v) is 2.49. The predicted molar refractivity (Wildman–Crippen MR) is 84.0 cm³/mol. The molecule has 0 N–H and O–H groups in total. The molecule has 120 valence electrons. The van der Waals surface area contributed by atoms with E-state index in [1.165, 1.54) is 0 Å². The molecule has 2 aromatic rings. The Balaban J connectivity index is 2.27. The number of methoxy groups -OCH3 is 1. The molecule has 1 aromatic carbocycles. The van der Waals surface area contributed by atoms with Gasteiger partial charge in [-0.1, -0.05) is 0 Å². The molecule has 1 heterocycles. The lowest BCUT2D eigenvalue weighted by molar-refractivity contribution is -0.561. The second kappa shape index (κ2) is 5.82. The van der Waals surface area contributed by atoms with Crippen molar-refractivity contribution in [2.75, 3.05) is 7.11 Å². The fourth-order valence-electron chi connectivity index (χ4n) is 2.49. The van der Waals surface area contributed by atoms with Crippen molar-refractivity contribution in [3.05, 3.63) is 38.8 Å². The maximum atomic E-state index is 12.3. The lowest BCUT2D eigenvalue weighted by atomic mass is 10.00. The highest BCUT2D eigenvalue weighted by molar-refractivity contribution is 5.77. The average molecular weight is 307 g/mol. The van der Waals surface area contributed by atoms with Crippen LogP contribution < -0.4 is 10.4 Å². The molecular weight excluding hydrogens is 286 g/mol. The number of nitro groups is 1. The number of rotatable bonds is 6. The van der Waals surface area contributed by atoms with E-state index < -0.39 is 5.54 Å². The SMILES string of the molecule is COc1ccc2c(c1)n(C)c(=O)n2CCCC(C)(C)[N+](=O)[O-]. The first-order chi connectivity index (χ1) is 10.3. The summed E-state index contributed by atoms with van der Waals surface area (Å²) >= 11 is 0. The summed E-state index contributed by atoms with van der Waals surface area (Å²) < 4.78 is 8.40. The number of ether oxygens (including phenoxy) is 1. The van der Waals surface area contributed by atoms with Crippen molar-refractivity contribution in [3.63, 3.8) is 0 Å². The van der Waals surface area contributed by atoms with Crippen LogP contribution in [0.2, 0.25) is 0 Å². The molecule has 0 unspecified atom stereocenters. The average Bonchev–Trinajstić information content (AvgIpc) is 2.71. The summed E-state index contributed by atoms with van der Waals surface area (Å²) in [6.07, 6.45) is 0.984. The highest BCUT2D eigenvalue weighted by Crippen LogP contribution is 2.21. The molecule has 0 saturated carbocycles. The van der Waals surface area contributed by atoms with E-state index in [0.717, 1.165) is 11.0 Å². The van der Waals surface area contributed by atoms with Crippen molar-refractivity contribution in [1.29, 1.82) is 0 Å². The summed E-state index contributed by atoms with van der Waals surface area (Å²) in [6.45, 7) is 3.66. The molecule has 1 aromatic heterocycles. The number of hydrogen-bond acceptors (Lipinski definition) is 4. The normalized spacial score (nSPS) is 11.8. The Kier molecular flexibility index (Phi) is 4.25. The summed E-state index contributed by atoms with van der Waals surface area (Å²) in [6, 6.07) is 5.46. The van der Waals surface area contributed by atoms with E-state index in [1.807, 2.05) is 12.1 Å². The first-order valence-electron chi connectivity index (χ1n) is 7.15. The summed E-state index contributed by atoms with van der Waals surface area (Å²) in [4.78, 5) is 23.0. The Bertz CT molecular complexity index is 758. The van der Waals surface area contributed by atoms with Crippen LogP contribution in [0.4, 0.5) is 0 Å². The summed E-state index contributed by atoms with van der Waals surface area (Å²) in [5, 5.41) is 10.9. The lowest BCUT2D eigenvalue weighted by Gasteiger charge is -2.15. The van der Waals surface area contributed by atoms with E-state index in [-0.39, 0.29) is 10.6 Å². The molecule has 0 aliphatic carbocycles. The Morgan fingerprint density at radius 2 is 2.00 bits per heavy atom. The lowest BCUT2D eigenvalue weighted by Crippen LogP contribution is -2.31. The highest BCUT2D eigenvalue weighted by Gasteiger charge is 2.29. The van der Waals surface area contributed by atoms with E-state index in [0.29, 0.717) is 25.1 Å². The van der Waals surface area contributed by atoms with Gasteiger partial charge in [0.25, 0.3) is 0 Å². The van der Waals surface area contributed by atoms with Crippen LogP contribution in [0.25, 0.3) is 11.0 Å². The van der Waals surface area contributed by atoms with E-state index in [1.54, 1.807) is 43.2 Å². The van der Waals surface area contributed by atoms with Crippen molar-refractivity contribution in [2.24, 2.45) is 7.05 Å². The minimum Gasteiger partial charge on any atom is -0.497 e. The minimum atomic E-state index is -0.975. The Labute approximate surface area is 128 Å². The van der Waals surface area contributed by atoms with Gasteiger partial charge >= 0.3 is 5.69 Å². The molecule has 0 aliphatic rings. The molecule has 0 atom stereocenters. The van der Waals surface area contributed by atoms with Crippen LogP contribution in [0.1, 0.15) is 26.7 Å². The molecular formula is C15H21N3O4. The van der Waals surface area contributed by atoms with Gasteiger partial charge in [-0.3, -0.25) is 19.2 Å². The van der Waals surface area contributed by atoms with Gasteiger partial charge in [-0.2, -0.15) is 0 Å². The molecule has 0 amide bonds. The Hall–Kier alpha value is -2.31. The van der Waals surface area contributed by atoms with Gasteiger partial charge in [-0.25, -0.2) is 4.79 Å². The van der Waals surface area contributed by atoms with E-state index in [4.69, 9.17) is 4.74 Å². The summed E-state index contributed by atoms with van der Waals surface area (Å²) in [5.41, 5.74) is 0.504. The zero-order chi connectivity index (χ0) is 16.5. The zero-order valence-corrected chi connectivity index (χ0v) is 13.3. The van der Waals surface area contributed by atoms with Gasteiger partial charge in [0.05, 0.1) is 18.1 Å². The van der Waals surface area contributed by atoms with Gasteiger partial charge in [0.15, 0.2) is 0 Å². The van der Waals surface area contributed by atoms with Crippen LogP contribution in [0.5, 0.6) is 5.75 Å². The summed E-state index contributed by atoms with van der Waals surface area (Å²) in [7, 11) is 3.29.